The van der Waals surface area contributed by atoms with Crippen LogP contribution >= 0.6 is 22.6 Å². The van der Waals surface area contributed by atoms with Gasteiger partial charge in [-0.2, -0.15) is 0 Å². The number of nitrogens with zero attached hydrogens (tertiary/aromatic N) is 2. The summed E-state index contributed by atoms with van der Waals surface area (Å²) in [5.74, 6) is -0.110. The van der Waals surface area contributed by atoms with Crippen molar-refractivity contribution in [1.29, 1.82) is 0 Å². The van der Waals surface area contributed by atoms with Gasteiger partial charge in [0.15, 0.2) is 0 Å². The van der Waals surface area contributed by atoms with Gasteiger partial charge in [-0.15, -0.1) is 0 Å². The third-order valence-corrected chi connectivity index (χ3v) is 4.05. The summed E-state index contributed by atoms with van der Waals surface area (Å²) in [6, 6.07) is 19.2. The normalized spacial score (nSPS) is 10.3. The van der Waals surface area contributed by atoms with E-state index in [0.717, 1.165) is 20.5 Å². The first-order valence-corrected chi connectivity index (χ1v) is 8.20. The molecule has 5 heteroatoms. The molecule has 1 aromatic heterocycles. The molecule has 4 nitrogen and oxygen atoms in total. The van der Waals surface area contributed by atoms with Crippen molar-refractivity contribution < 1.29 is 4.79 Å². The highest BCUT2D eigenvalue weighted by atomic mass is 127. The van der Waals surface area contributed by atoms with E-state index in [0.29, 0.717) is 12.1 Å². The molecule has 2 aromatic carbocycles. The summed E-state index contributed by atoms with van der Waals surface area (Å²) in [5.41, 5.74) is 3.29. The average molecular weight is 415 g/mol. The molecule has 0 unspecified atom stereocenters. The number of carbonyl (C=O) groups excluding carboxylic acids is 1. The minimum Gasteiger partial charge on any atom is -0.346 e. The zero-order chi connectivity index (χ0) is 16.1. The third-order valence-electron chi connectivity index (χ3n) is 3.33. The Kier molecular flexibility index (Phi) is 4.97. The van der Waals surface area contributed by atoms with E-state index in [1.54, 1.807) is 0 Å². The summed E-state index contributed by atoms with van der Waals surface area (Å²) in [5, 5.41) is 2.88. The zero-order valence-corrected chi connectivity index (χ0v) is 14.4. The molecule has 3 aromatic rings. The molecule has 0 aliphatic heterocycles. The number of carbonyl (C=O) groups is 1. The highest BCUT2D eigenvalue weighted by Crippen LogP contribution is 2.16. The number of hydrogen-bond donors (Lipinski definition) is 1. The van der Waals surface area contributed by atoms with Gasteiger partial charge in [-0.1, -0.05) is 30.3 Å². The van der Waals surface area contributed by atoms with Crippen LogP contribution in [0.5, 0.6) is 0 Å². The van der Waals surface area contributed by atoms with Crippen molar-refractivity contribution >= 4 is 28.5 Å². The Morgan fingerprint density at radius 1 is 1.00 bits per heavy atom. The summed E-state index contributed by atoms with van der Waals surface area (Å²) in [7, 11) is 0. The van der Waals surface area contributed by atoms with E-state index in [2.05, 4.69) is 37.9 Å². The summed E-state index contributed by atoms with van der Waals surface area (Å²) in [6.07, 6.45) is 1.52. The van der Waals surface area contributed by atoms with Crippen LogP contribution in [-0.4, -0.2) is 15.9 Å². The van der Waals surface area contributed by atoms with E-state index in [1.807, 2.05) is 60.7 Å². The Hall–Kier alpha value is -2.28. The lowest BCUT2D eigenvalue weighted by Crippen LogP contribution is -2.23. The Morgan fingerprint density at radius 2 is 1.74 bits per heavy atom. The molecule has 0 aliphatic carbocycles. The van der Waals surface area contributed by atoms with Crippen molar-refractivity contribution in [3.63, 3.8) is 0 Å². The summed E-state index contributed by atoms with van der Waals surface area (Å²) in [6.45, 7) is 0.368. The predicted octanol–water partition coefficient (Wildman–Crippen LogP) is 3.68. The first-order valence-electron chi connectivity index (χ1n) is 7.12. The second-order valence-corrected chi connectivity index (χ2v) is 6.20. The number of nitrogens with one attached hydrogen (secondary N) is 1. The maximum atomic E-state index is 12.1. The van der Waals surface area contributed by atoms with Crippen LogP contribution < -0.4 is 5.32 Å². The first-order chi connectivity index (χ1) is 11.2. The van der Waals surface area contributed by atoms with E-state index < -0.39 is 0 Å². The SMILES string of the molecule is O=C(NCc1cc(-c2ccccc2)ncn1)c1ccc(I)cc1. The van der Waals surface area contributed by atoms with Gasteiger partial charge in [0.2, 0.25) is 0 Å². The highest BCUT2D eigenvalue weighted by molar-refractivity contribution is 14.1. The van der Waals surface area contributed by atoms with Gasteiger partial charge in [-0.05, 0) is 52.9 Å². The Bertz CT molecular complexity index is 804. The van der Waals surface area contributed by atoms with Crippen molar-refractivity contribution in [2.45, 2.75) is 6.54 Å². The molecule has 0 atom stereocenters. The van der Waals surface area contributed by atoms with Gasteiger partial charge in [0.05, 0.1) is 17.9 Å². The molecular formula is C18H14IN3O. The molecule has 1 amide bonds. The minimum absolute atomic E-state index is 0.110. The number of halogens is 1. The lowest BCUT2D eigenvalue weighted by molar-refractivity contribution is 0.0950. The van der Waals surface area contributed by atoms with Crippen LogP contribution in [0.25, 0.3) is 11.3 Å². The van der Waals surface area contributed by atoms with Crippen LogP contribution in [0.2, 0.25) is 0 Å². The molecule has 0 fully saturated rings. The van der Waals surface area contributed by atoms with Gasteiger partial charge in [0.1, 0.15) is 6.33 Å². The first kappa shape index (κ1) is 15.6. The second kappa shape index (κ2) is 7.32. The van der Waals surface area contributed by atoms with Crippen molar-refractivity contribution in [3.8, 4) is 11.3 Å². The van der Waals surface area contributed by atoms with E-state index >= 15 is 0 Å². The Labute approximate surface area is 148 Å². The molecular weight excluding hydrogens is 401 g/mol. The van der Waals surface area contributed by atoms with Gasteiger partial charge >= 0.3 is 0 Å². The van der Waals surface area contributed by atoms with Gasteiger partial charge in [-0.3, -0.25) is 4.79 Å². The molecule has 0 saturated heterocycles. The van der Waals surface area contributed by atoms with Crippen LogP contribution in [0.15, 0.2) is 67.0 Å². The maximum absolute atomic E-state index is 12.1. The van der Waals surface area contributed by atoms with Crippen LogP contribution in [0, 0.1) is 3.57 Å². The largest absolute Gasteiger partial charge is 0.346 e. The topological polar surface area (TPSA) is 54.9 Å². The van der Waals surface area contributed by atoms with E-state index in [-0.39, 0.29) is 5.91 Å². The fraction of sp³-hybridized carbons (Fsp3) is 0.0556. The predicted molar refractivity (Wildman–Crippen MR) is 97.8 cm³/mol. The van der Waals surface area contributed by atoms with Crippen LogP contribution in [0.1, 0.15) is 16.1 Å². The average Bonchev–Trinajstić information content (AvgIpc) is 2.61. The smallest absolute Gasteiger partial charge is 0.251 e. The summed E-state index contributed by atoms with van der Waals surface area (Å²) < 4.78 is 1.10. The van der Waals surface area contributed by atoms with Crippen LogP contribution in [0.4, 0.5) is 0 Å². The number of amides is 1. The summed E-state index contributed by atoms with van der Waals surface area (Å²) >= 11 is 2.21. The third kappa shape index (κ3) is 4.13. The monoisotopic (exact) mass is 415 g/mol. The summed E-state index contributed by atoms with van der Waals surface area (Å²) in [4.78, 5) is 20.6. The van der Waals surface area contributed by atoms with Crippen LogP contribution in [-0.2, 0) is 6.54 Å². The van der Waals surface area contributed by atoms with Gasteiger partial charge < -0.3 is 5.32 Å². The maximum Gasteiger partial charge on any atom is 0.251 e. The van der Waals surface area contributed by atoms with Crippen molar-refractivity contribution in [3.05, 3.63) is 81.8 Å². The van der Waals surface area contributed by atoms with Crippen molar-refractivity contribution in [2.24, 2.45) is 0 Å². The molecule has 23 heavy (non-hydrogen) atoms. The van der Waals surface area contributed by atoms with Crippen molar-refractivity contribution in [2.75, 3.05) is 0 Å². The Balaban J connectivity index is 1.69. The molecule has 0 aliphatic rings. The minimum atomic E-state index is -0.110. The molecule has 114 valence electrons. The molecule has 0 saturated carbocycles. The highest BCUT2D eigenvalue weighted by Gasteiger charge is 2.06. The molecule has 1 heterocycles. The quantitative estimate of drug-likeness (QED) is 0.662. The molecule has 0 spiro atoms. The standard InChI is InChI=1S/C18H14IN3O/c19-15-8-6-14(7-9-15)18(23)20-11-16-10-17(22-12-21-16)13-4-2-1-3-5-13/h1-10,12H,11H2,(H,20,23). The number of hydrogen-bond acceptors (Lipinski definition) is 3. The fourth-order valence-corrected chi connectivity index (χ4v) is 2.49. The Morgan fingerprint density at radius 3 is 2.48 bits per heavy atom. The van der Waals surface area contributed by atoms with Crippen molar-refractivity contribution in [1.82, 2.24) is 15.3 Å². The van der Waals surface area contributed by atoms with Gasteiger partial charge in [-0.25, -0.2) is 9.97 Å². The van der Waals surface area contributed by atoms with Gasteiger partial charge in [0, 0.05) is 14.7 Å². The number of rotatable bonds is 4. The molecule has 0 radical (unpaired) electrons. The van der Waals surface area contributed by atoms with E-state index in [4.69, 9.17) is 0 Å². The van der Waals surface area contributed by atoms with E-state index in [1.165, 1.54) is 6.33 Å². The van der Waals surface area contributed by atoms with Gasteiger partial charge in [0.25, 0.3) is 5.91 Å². The van der Waals surface area contributed by atoms with Crippen LogP contribution in [0.3, 0.4) is 0 Å². The molecule has 1 N–H and O–H groups in total. The van der Waals surface area contributed by atoms with E-state index in [9.17, 15) is 4.79 Å². The zero-order valence-electron chi connectivity index (χ0n) is 12.2. The number of benzene rings is 2. The second-order valence-electron chi connectivity index (χ2n) is 4.95. The molecule has 0 bridgehead atoms. The fourth-order valence-electron chi connectivity index (χ4n) is 2.14. The molecule has 3 rings (SSSR count). The number of aromatic nitrogens is 2. The lowest BCUT2D eigenvalue weighted by Gasteiger charge is -2.06. The lowest BCUT2D eigenvalue weighted by atomic mass is 10.1.